The van der Waals surface area contributed by atoms with Gasteiger partial charge in [-0.1, -0.05) is 26.7 Å². The predicted octanol–water partition coefficient (Wildman–Crippen LogP) is 4.57. The third-order valence-electron chi connectivity index (χ3n) is 9.10. The van der Waals surface area contributed by atoms with E-state index in [1.54, 1.807) is 0 Å². The lowest BCUT2D eigenvalue weighted by Gasteiger charge is -2.56. The molecule has 1 N–H and O–H groups in total. The Bertz CT molecular complexity index is 1070. The number of rotatable bonds is 7. The number of barbiturate groups is 1. The van der Waals surface area contributed by atoms with Crippen LogP contribution in [0.2, 0.25) is 0 Å². The molecule has 9 nitrogen and oxygen atoms in total. The van der Waals surface area contributed by atoms with Gasteiger partial charge in [-0.15, -0.1) is 23.5 Å². The number of carbonyl (C=O) groups excluding carboxylic acids is 5. The third kappa shape index (κ3) is 4.57. The number of urea groups is 2. The highest BCUT2D eigenvalue weighted by molar-refractivity contribution is 8.22. The van der Waals surface area contributed by atoms with E-state index in [2.05, 4.69) is 5.32 Å². The smallest absolute Gasteiger partial charge is 0.323 e. The van der Waals surface area contributed by atoms with Crippen molar-refractivity contribution in [2.75, 3.05) is 25.1 Å². The maximum atomic E-state index is 13.9. The Hall–Kier alpha value is -2.01. The minimum Gasteiger partial charge on any atom is -0.323 e. The van der Waals surface area contributed by atoms with E-state index < -0.39 is 23.4 Å². The van der Waals surface area contributed by atoms with E-state index in [1.807, 2.05) is 13.8 Å². The second-order valence-electron chi connectivity index (χ2n) is 11.5. The fraction of sp³-hybridized carbons (Fsp3) is 0.741. The number of hydrogen-bond donors (Lipinski definition) is 1. The quantitative estimate of drug-likeness (QED) is 0.274. The first kappa shape index (κ1) is 27.6. The Morgan fingerprint density at radius 2 is 1.55 bits per heavy atom. The molecule has 3 aliphatic carbocycles. The summed E-state index contributed by atoms with van der Waals surface area (Å²) in [5, 5.41) is 2.88. The maximum absolute atomic E-state index is 13.9. The number of nitrogens with one attached hydrogen (secondary N) is 1. The largest absolute Gasteiger partial charge is 0.334 e. The van der Waals surface area contributed by atoms with Gasteiger partial charge in [0.2, 0.25) is 0 Å². The van der Waals surface area contributed by atoms with E-state index in [-0.39, 0.29) is 30.4 Å². The summed E-state index contributed by atoms with van der Waals surface area (Å²) < 4.78 is 0.715. The summed E-state index contributed by atoms with van der Waals surface area (Å²) in [6.45, 7) is 4.37. The summed E-state index contributed by atoms with van der Waals surface area (Å²) in [6.07, 6.45) is 8.27. The van der Waals surface area contributed by atoms with Crippen LogP contribution in [0.25, 0.3) is 0 Å². The molecule has 38 heavy (non-hydrogen) atoms. The van der Waals surface area contributed by atoms with E-state index in [1.165, 1.54) is 40.4 Å². The molecular weight excluding hydrogens is 524 g/mol. The highest BCUT2D eigenvalue weighted by Crippen LogP contribution is 2.58. The Labute approximate surface area is 234 Å². The second-order valence-corrected chi connectivity index (χ2v) is 14.3. The van der Waals surface area contributed by atoms with Gasteiger partial charge in [0, 0.05) is 21.1 Å². The van der Waals surface area contributed by atoms with Gasteiger partial charge in [0.15, 0.2) is 0 Å². The van der Waals surface area contributed by atoms with Gasteiger partial charge in [-0.2, -0.15) is 0 Å². The molecule has 0 atom stereocenters. The van der Waals surface area contributed by atoms with E-state index in [4.69, 9.17) is 0 Å². The summed E-state index contributed by atoms with van der Waals surface area (Å²) in [7, 11) is 1.51. The SMILES string of the molecule is CCSC(SCC)=C1C(=O)N(CC2CCCC2)C(=O)N(C2CCC3(CC2)CC2(C3)NC(=O)N(C)C2=O)C1=O.[HH]. The Kier molecular flexibility index (Phi) is 7.63. The van der Waals surface area contributed by atoms with Crippen molar-refractivity contribution in [1.82, 2.24) is 20.0 Å². The topological polar surface area (TPSA) is 107 Å². The molecule has 2 spiro atoms. The van der Waals surface area contributed by atoms with Gasteiger partial charge in [0.05, 0.1) is 4.24 Å². The van der Waals surface area contributed by atoms with Crippen molar-refractivity contribution in [3.8, 4) is 0 Å². The van der Waals surface area contributed by atoms with Crippen LogP contribution in [-0.2, 0) is 14.4 Å². The third-order valence-corrected chi connectivity index (χ3v) is 11.3. The van der Waals surface area contributed by atoms with Gasteiger partial charge >= 0.3 is 12.1 Å². The first-order valence-electron chi connectivity index (χ1n) is 13.9. The molecule has 5 fully saturated rings. The molecule has 0 bridgehead atoms. The molecule has 2 heterocycles. The van der Waals surface area contributed by atoms with Gasteiger partial charge in [0.1, 0.15) is 11.1 Å². The van der Waals surface area contributed by atoms with Crippen LogP contribution < -0.4 is 5.32 Å². The molecule has 5 rings (SSSR count). The van der Waals surface area contributed by atoms with Crippen molar-refractivity contribution in [2.45, 2.75) is 89.6 Å². The zero-order valence-corrected chi connectivity index (χ0v) is 24.2. The molecule has 0 unspecified atom stereocenters. The van der Waals surface area contributed by atoms with Gasteiger partial charge in [-0.3, -0.25) is 29.1 Å². The number of thioether (sulfide) groups is 2. The summed E-state index contributed by atoms with van der Waals surface area (Å²) >= 11 is 3.00. The fourth-order valence-electron chi connectivity index (χ4n) is 7.26. The van der Waals surface area contributed by atoms with Crippen LogP contribution in [0.15, 0.2) is 9.81 Å². The number of imide groups is 3. The van der Waals surface area contributed by atoms with Crippen molar-refractivity contribution < 1.29 is 25.4 Å². The standard InChI is InChI=1S/C27H38N4O5S2.H2/c1-4-37-22(38-5-2)19-20(32)30(14-17-8-6-7-9-17)25(36)31(21(19)33)18-10-12-26(13-11-18)15-27(16-26)23(34)29(3)24(35)28-27;/h17-18H,4-16H2,1-3H3,(H,28,35);1H. The molecule has 210 valence electrons. The van der Waals surface area contributed by atoms with Crippen LogP contribution in [0.3, 0.4) is 0 Å². The molecule has 0 aromatic heterocycles. The summed E-state index contributed by atoms with van der Waals surface area (Å²) in [5.74, 6) is 0.709. The lowest BCUT2D eigenvalue weighted by atomic mass is 9.51. The molecule has 2 aliphatic heterocycles. The van der Waals surface area contributed by atoms with Crippen LogP contribution in [0.5, 0.6) is 0 Å². The molecule has 11 heteroatoms. The minimum absolute atomic E-state index is 0. The molecule has 3 saturated carbocycles. The number of hydrogen-bond acceptors (Lipinski definition) is 7. The fourth-order valence-corrected chi connectivity index (χ4v) is 9.46. The molecule has 0 aromatic carbocycles. The second kappa shape index (κ2) is 10.5. The lowest BCUT2D eigenvalue weighted by molar-refractivity contribution is -0.143. The van der Waals surface area contributed by atoms with E-state index in [0.717, 1.165) is 54.9 Å². The number of likely N-dealkylation sites (N-methyl/N-ethyl adjacent to an activating group) is 1. The monoisotopic (exact) mass is 564 g/mol. The van der Waals surface area contributed by atoms with Crippen molar-refractivity contribution >= 4 is 53.3 Å². The molecule has 0 radical (unpaired) electrons. The molecule has 5 aliphatic rings. The van der Waals surface area contributed by atoms with E-state index in [0.29, 0.717) is 42.4 Å². The van der Waals surface area contributed by atoms with Gasteiger partial charge in [-0.25, -0.2) is 9.59 Å². The highest BCUT2D eigenvalue weighted by Gasteiger charge is 2.64. The van der Waals surface area contributed by atoms with Crippen LogP contribution in [0.4, 0.5) is 9.59 Å². The van der Waals surface area contributed by atoms with E-state index in [9.17, 15) is 24.0 Å². The van der Waals surface area contributed by atoms with Crippen molar-refractivity contribution in [2.24, 2.45) is 11.3 Å². The number of carbonyl (C=O) groups is 5. The van der Waals surface area contributed by atoms with Crippen molar-refractivity contribution in [1.29, 1.82) is 0 Å². The highest BCUT2D eigenvalue weighted by atomic mass is 32.2. The first-order chi connectivity index (χ1) is 18.1. The maximum Gasteiger partial charge on any atom is 0.334 e. The van der Waals surface area contributed by atoms with Crippen molar-refractivity contribution in [3.63, 3.8) is 0 Å². The normalized spacial score (nSPS) is 32.2. The molecule has 2 saturated heterocycles. The van der Waals surface area contributed by atoms with Gasteiger partial charge < -0.3 is 5.32 Å². The summed E-state index contributed by atoms with van der Waals surface area (Å²) in [6, 6.07) is -1.09. The summed E-state index contributed by atoms with van der Waals surface area (Å²) in [4.78, 5) is 69.8. The lowest BCUT2D eigenvalue weighted by Crippen LogP contribution is -2.65. The van der Waals surface area contributed by atoms with Gasteiger partial charge in [-0.05, 0) is 74.2 Å². The molecule has 0 aromatic rings. The average Bonchev–Trinajstić information content (AvgIpc) is 3.46. The van der Waals surface area contributed by atoms with Crippen LogP contribution >= 0.6 is 23.5 Å². The van der Waals surface area contributed by atoms with Crippen molar-refractivity contribution in [3.05, 3.63) is 9.81 Å². The number of nitrogens with zero attached hydrogens (tertiary/aromatic N) is 3. The first-order valence-corrected chi connectivity index (χ1v) is 15.9. The average molecular weight is 565 g/mol. The Morgan fingerprint density at radius 3 is 2.08 bits per heavy atom. The Balaban J connectivity index is 0.00000353. The molecular formula is C27H40N4O5S2. The van der Waals surface area contributed by atoms with Gasteiger partial charge in [0.25, 0.3) is 17.7 Å². The zero-order chi connectivity index (χ0) is 27.2. The Morgan fingerprint density at radius 1 is 0.947 bits per heavy atom. The summed E-state index contributed by atoms with van der Waals surface area (Å²) in [5.41, 5.74) is -0.697. The van der Waals surface area contributed by atoms with Crippen LogP contribution in [-0.4, -0.2) is 81.2 Å². The predicted molar refractivity (Wildman–Crippen MR) is 149 cm³/mol. The number of amides is 7. The van der Waals surface area contributed by atoms with E-state index >= 15 is 0 Å². The molecule has 7 amide bonds. The minimum atomic E-state index is -0.792. The van der Waals surface area contributed by atoms with Crippen LogP contribution in [0.1, 0.15) is 79.5 Å². The van der Waals surface area contributed by atoms with Crippen LogP contribution in [0, 0.1) is 11.3 Å². The zero-order valence-electron chi connectivity index (χ0n) is 22.5.